The van der Waals surface area contributed by atoms with E-state index < -0.39 is 0 Å². The molecular formula is C17H17N5O. The van der Waals surface area contributed by atoms with Crippen molar-refractivity contribution >= 4 is 5.82 Å². The lowest BCUT2D eigenvalue weighted by Gasteiger charge is -2.10. The van der Waals surface area contributed by atoms with E-state index >= 15 is 0 Å². The molecule has 0 fully saturated rings. The molecule has 0 aliphatic rings. The minimum absolute atomic E-state index is 0.566. The van der Waals surface area contributed by atoms with Crippen LogP contribution in [0.5, 0.6) is 5.88 Å². The average molecular weight is 307 g/mol. The standard InChI is InChI=1S/C17H17N5O/c1-12-8-20-17(14-5-6-15(23-2)19-11-14)22-16(12)21-10-13-4-3-7-18-9-13/h3-9,11H,10H2,1-2H3,(H,20,21,22). The number of nitrogens with one attached hydrogen (secondary N) is 1. The van der Waals surface area contributed by atoms with Crippen LogP contribution in [-0.4, -0.2) is 27.0 Å². The minimum atomic E-state index is 0.566. The van der Waals surface area contributed by atoms with Crippen molar-refractivity contribution in [3.05, 3.63) is 60.2 Å². The largest absolute Gasteiger partial charge is 0.481 e. The van der Waals surface area contributed by atoms with Gasteiger partial charge in [-0.3, -0.25) is 4.98 Å². The Hall–Kier alpha value is -3.02. The molecule has 3 heterocycles. The highest BCUT2D eigenvalue weighted by molar-refractivity contribution is 5.57. The Labute approximate surface area is 134 Å². The summed E-state index contributed by atoms with van der Waals surface area (Å²) in [5, 5.41) is 3.33. The van der Waals surface area contributed by atoms with Crippen molar-refractivity contribution in [1.29, 1.82) is 0 Å². The third-order valence-electron chi connectivity index (χ3n) is 3.36. The van der Waals surface area contributed by atoms with Gasteiger partial charge in [0.1, 0.15) is 5.82 Å². The molecular weight excluding hydrogens is 290 g/mol. The van der Waals surface area contributed by atoms with E-state index in [1.165, 1.54) is 0 Å². The molecule has 116 valence electrons. The second kappa shape index (κ2) is 6.83. The van der Waals surface area contributed by atoms with Gasteiger partial charge in [-0.05, 0) is 24.6 Å². The number of methoxy groups -OCH3 is 1. The normalized spacial score (nSPS) is 10.3. The summed E-state index contributed by atoms with van der Waals surface area (Å²) in [5.74, 6) is 1.99. The lowest BCUT2D eigenvalue weighted by atomic mass is 10.2. The van der Waals surface area contributed by atoms with Crippen molar-refractivity contribution in [3.8, 4) is 17.3 Å². The number of anilines is 1. The number of nitrogens with zero attached hydrogens (tertiary/aromatic N) is 4. The Morgan fingerprint density at radius 1 is 1.09 bits per heavy atom. The summed E-state index contributed by atoms with van der Waals surface area (Å²) in [7, 11) is 1.59. The van der Waals surface area contributed by atoms with Gasteiger partial charge in [0.15, 0.2) is 5.82 Å². The zero-order valence-electron chi connectivity index (χ0n) is 13.0. The van der Waals surface area contributed by atoms with Crippen molar-refractivity contribution in [1.82, 2.24) is 19.9 Å². The van der Waals surface area contributed by atoms with Gasteiger partial charge >= 0.3 is 0 Å². The second-order valence-electron chi connectivity index (χ2n) is 5.03. The summed E-state index contributed by atoms with van der Waals surface area (Å²) in [5.41, 5.74) is 2.92. The predicted octanol–water partition coefficient (Wildman–Crippen LogP) is 2.86. The van der Waals surface area contributed by atoms with E-state index in [2.05, 4.69) is 25.3 Å². The fraction of sp³-hybridized carbons (Fsp3) is 0.176. The molecule has 3 rings (SSSR count). The highest BCUT2D eigenvalue weighted by Gasteiger charge is 2.07. The summed E-state index contributed by atoms with van der Waals surface area (Å²) in [4.78, 5) is 17.3. The van der Waals surface area contributed by atoms with E-state index in [9.17, 15) is 0 Å². The predicted molar refractivity (Wildman–Crippen MR) is 88.1 cm³/mol. The van der Waals surface area contributed by atoms with Crippen LogP contribution in [0.1, 0.15) is 11.1 Å². The molecule has 6 heteroatoms. The van der Waals surface area contributed by atoms with Gasteiger partial charge in [0.25, 0.3) is 0 Å². The van der Waals surface area contributed by atoms with Gasteiger partial charge in [-0.1, -0.05) is 6.07 Å². The Morgan fingerprint density at radius 2 is 2.00 bits per heavy atom. The van der Waals surface area contributed by atoms with Crippen LogP contribution in [0.3, 0.4) is 0 Å². The Balaban J connectivity index is 1.80. The van der Waals surface area contributed by atoms with E-state index in [1.807, 2.05) is 31.3 Å². The van der Waals surface area contributed by atoms with Crippen LogP contribution >= 0.6 is 0 Å². The minimum Gasteiger partial charge on any atom is -0.481 e. The quantitative estimate of drug-likeness (QED) is 0.781. The SMILES string of the molecule is COc1ccc(-c2ncc(C)c(NCc3cccnc3)n2)cn1. The molecule has 0 amide bonds. The number of hydrogen-bond donors (Lipinski definition) is 1. The summed E-state index contributed by atoms with van der Waals surface area (Å²) in [6, 6.07) is 7.62. The van der Waals surface area contributed by atoms with Crippen LogP contribution in [0.4, 0.5) is 5.82 Å². The van der Waals surface area contributed by atoms with Crippen molar-refractivity contribution in [2.45, 2.75) is 13.5 Å². The first kappa shape index (κ1) is 14.9. The summed E-state index contributed by atoms with van der Waals surface area (Å²) >= 11 is 0. The fourth-order valence-corrected chi connectivity index (χ4v) is 2.08. The van der Waals surface area contributed by atoms with Gasteiger partial charge in [0, 0.05) is 48.5 Å². The van der Waals surface area contributed by atoms with Crippen LogP contribution in [0.25, 0.3) is 11.4 Å². The molecule has 3 aromatic heterocycles. The molecule has 0 radical (unpaired) electrons. The maximum Gasteiger partial charge on any atom is 0.212 e. The van der Waals surface area contributed by atoms with Crippen LogP contribution in [0, 0.1) is 6.92 Å². The molecule has 0 saturated carbocycles. The second-order valence-corrected chi connectivity index (χ2v) is 5.03. The Bertz CT molecular complexity index is 775. The first-order valence-electron chi connectivity index (χ1n) is 7.23. The van der Waals surface area contributed by atoms with Crippen LogP contribution in [0.15, 0.2) is 49.1 Å². The molecule has 0 atom stereocenters. The van der Waals surface area contributed by atoms with E-state index in [1.54, 1.807) is 31.8 Å². The highest BCUT2D eigenvalue weighted by Crippen LogP contribution is 2.20. The van der Waals surface area contributed by atoms with Crippen molar-refractivity contribution < 1.29 is 4.74 Å². The molecule has 3 aromatic rings. The fourth-order valence-electron chi connectivity index (χ4n) is 2.08. The lowest BCUT2D eigenvalue weighted by molar-refractivity contribution is 0.398. The molecule has 0 aliphatic heterocycles. The zero-order valence-corrected chi connectivity index (χ0v) is 13.0. The molecule has 6 nitrogen and oxygen atoms in total. The topological polar surface area (TPSA) is 72.8 Å². The van der Waals surface area contributed by atoms with Crippen molar-refractivity contribution in [2.24, 2.45) is 0 Å². The lowest BCUT2D eigenvalue weighted by Crippen LogP contribution is -2.05. The molecule has 1 N–H and O–H groups in total. The average Bonchev–Trinajstić information content (AvgIpc) is 2.62. The number of rotatable bonds is 5. The molecule has 0 aliphatic carbocycles. The van der Waals surface area contributed by atoms with E-state index in [-0.39, 0.29) is 0 Å². The number of aryl methyl sites for hydroxylation is 1. The number of hydrogen-bond acceptors (Lipinski definition) is 6. The molecule has 0 aromatic carbocycles. The third kappa shape index (κ3) is 3.60. The smallest absolute Gasteiger partial charge is 0.212 e. The van der Waals surface area contributed by atoms with Crippen LogP contribution in [0.2, 0.25) is 0 Å². The van der Waals surface area contributed by atoms with Gasteiger partial charge in [0.05, 0.1) is 7.11 Å². The summed E-state index contributed by atoms with van der Waals surface area (Å²) in [6.07, 6.45) is 7.10. The molecule has 0 saturated heterocycles. The van der Waals surface area contributed by atoms with E-state index in [0.717, 1.165) is 22.5 Å². The maximum absolute atomic E-state index is 5.07. The molecule has 0 unspecified atom stereocenters. The first-order valence-corrected chi connectivity index (χ1v) is 7.23. The van der Waals surface area contributed by atoms with Crippen LogP contribution < -0.4 is 10.1 Å². The van der Waals surface area contributed by atoms with Gasteiger partial charge in [-0.25, -0.2) is 15.0 Å². The Morgan fingerprint density at radius 3 is 2.70 bits per heavy atom. The summed E-state index contributed by atoms with van der Waals surface area (Å²) in [6.45, 7) is 2.63. The Kier molecular flexibility index (Phi) is 4.42. The monoisotopic (exact) mass is 307 g/mol. The molecule has 23 heavy (non-hydrogen) atoms. The number of aromatic nitrogens is 4. The van der Waals surface area contributed by atoms with Gasteiger partial charge in [-0.15, -0.1) is 0 Å². The van der Waals surface area contributed by atoms with Crippen molar-refractivity contribution in [3.63, 3.8) is 0 Å². The van der Waals surface area contributed by atoms with Crippen LogP contribution in [-0.2, 0) is 6.54 Å². The maximum atomic E-state index is 5.07. The zero-order chi connectivity index (χ0) is 16.1. The van der Waals surface area contributed by atoms with Gasteiger partial charge in [0.2, 0.25) is 5.88 Å². The van der Waals surface area contributed by atoms with Gasteiger partial charge in [-0.2, -0.15) is 0 Å². The van der Waals surface area contributed by atoms with Crippen molar-refractivity contribution in [2.75, 3.05) is 12.4 Å². The van der Waals surface area contributed by atoms with Gasteiger partial charge < -0.3 is 10.1 Å². The summed E-state index contributed by atoms with van der Waals surface area (Å²) < 4.78 is 5.07. The molecule has 0 bridgehead atoms. The third-order valence-corrected chi connectivity index (χ3v) is 3.36. The first-order chi connectivity index (χ1) is 11.3. The highest BCUT2D eigenvalue weighted by atomic mass is 16.5. The number of pyridine rings is 2. The number of ether oxygens (including phenoxy) is 1. The van der Waals surface area contributed by atoms with E-state index in [4.69, 9.17) is 4.74 Å². The van der Waals surface area contributed by atoms with E-state index in [0.29, 0.717) is 18.2 Å². The molecule has 0 spiro atoms.